The Balaban J connectivity index is 1.32. The molecule has 0 unspecified atom stereocenters. The zero-order chi connectivity index (χ0) is 23.4. The zero-order valence-corrected chi connectivity index (χ0v) is 19.6. The Bertz CT molecular complexity index is 1180. The van der Waals surface area contributed by atoms with Crippen LogP contribution in [0.2, 0.25) is 0 Å². The summed E-state index contributed by atoms with van der Waals surface area (Å²) < 4.78 is 10.9. The molecular weight excluding hydrogens is 416 g/mol. The van der Waals surface area contributed by atoms with Crippen LogP contribution in [0.4, 0.5) is 0 Å². The molecule has 0 bridgehead atoms. The van der Waals surface area contributed by atoms with Gasteiger partial charge in [-0.15, -0.1) is 0 Å². The first kappa shape index (κ1) is 23.1. The number of hydrogen-bond acceptors (Lipinski definition) is 5. The van der Waals surface area contributed by atoms with Crippen LogP contribution in [0.25, 0.3) is 11.0 Å². The van der Waals surface area contributed by atoms with Crippen molar-refractivity contribution in [1.29, 1.82) is 0 Å². The van der Waals surface area contributed by atoms with E-state index in [0.29, 0.717) is 23.3 Å². The molecule has 1 amide bonds. The van der Waals surface area contributed by atoms with E-state index >= 15 is 0 Å². The number of rotatable bonds is 7. The second-order valence-corrected chi connectivity index (χ2v) is 8.87. The predicted molar refractivity (Wildman–Crippen MR) is 130 cm³/mol. The van der Waals surface area contributed by atoms with Crippen LogP contribution in [-0.4, -0.2) is 37.0 Å². The number of nitrogens with zero attached hydrogens (tertiary/aromatic N) is 1. The third kappa shape index (κ3) is 5.28. The first-order valence-corrected chi connectivity index (χ1v) is 11.6. The van der Waals surface area contributed by atoms with Crippen LogP contribution in [0.3, 0.4) is 0 Å². The van der Waals surface area contributed by atoms with Crippen molar-refractivity contribution in [2.24, 2.45) is 0 Å². The van der Waals surface area contributed by atoms with E-state index in [2.05, 4.69) is 34.5 Å². The highest BCUT2D eigenvalue weighted by molar-refractivity contribution is 5.85. The summed E-state index contributed by atoms with van der Waals surface area (Å²) in [5, 5.41) is 4.04. The largest absolute Gasteiger partial charge is 0.496 e. The number of piperidine rings is 1. The number of ether oxygens (including phenoxy) is 1. The molecule has 3 aromatic rings. The van der Waals surface area contributed by atoms with Crippen LogP contribution in [0.15, 0.2) is 51.7 Å². The highest BCUT2D eigenvalue weighted by atomic mass is 16.5. The molecule has 4 rings (SSSR count). The average molecular weight is 449 g/mol. The summed E-state index contributed by atoms with van der Waals surface area (Å²) in [6.45, 7) is 6.68. The molecule has 174 valence electrons. The molecule has 6 nitrogen and oxygen atoms in total. The summed E-state index contributed by atoms with van der Waals surface area (Å²) in [5.41, 5.74) is 3.73. The van der Waals surface area contributed by atoms with E-state index in [1.54, 1.807) is 7.11 Å². The van der Waals surface area contributed by atoms with Crippen molar-refractivity contribution in [3.8, 4) is 5.75 Å². The maximum atomic E-state index is 12.6. The van der Waals surface area contributed by atoms with Gasteiger partial charge in [0.25, 0.3) is 0 Å². The Labute approximate surface area is 194 Å². The molecule has 0 atom stereocenters. The topological polar surface area (TPSA) is 71.8 Å². The molecule has 0 aliphatic carbocycles. The van der Waals surface area contributed by atoms with Gasteiger partial charge in [0.05, 0.1) is 7.11 Å². The second-order valence-electron chi connectivity index (χ2n) is 8.87. The molecule has 1 aromatic heterocycles. The fourth-order valence-corrected chi connectivity index (χ4v) is 4.70. The molecule has 1 fully saturated rings. The fraction of sp³-hybridized carbons (Fsp3) is 0.407. The number of benzene rings is 2. The van der Waals surface area contributed by atoms with E-state index in [-0.39, 0.29) is 24.0 Å². The van der Waals surface area contributed by atoms with Crippen LogP contribution < -0.4 is 15.7 Å². The van der Waals surface area contributed by atoms with Crippen LogP contribution >= 0.6 is 0 Å². The van der Waals surface area contributed by atoms with Gasteiger partial charge in [-0.1, -0.05) is 30.3 Å². The first-order chi connectivity index (χ1) is 16.0. The third-order valence-electron chi connectivity index (χ3n) is 6.68. The standard InChI is InChI=1S/C27H32N2O4/c1-18-22-9-11-24(32-3)19(2)26(22)33-27(31)23(18)10-12-25(30)28-21-13-15-29(16-14-21)17-20-7-5-4-6-8-20/h4-9,11,21H,10,12-17H2,1-3H3,(H,28,30). The Morgan fingerprint density at radius 1 is 1.09 bits per heavy atom. The highest BCUT2D eigenvalue weighted by Gasteiger charge is 2.21. The third-order valence-corrected chi connectivity index (χ3v) is 6.68. The monoisotopic (exact) mass is 448 g/mol. The number of carbonyl (C=O) groups is 1. The molecular formula is C27H32N2O4. The maximum absolute atomic E-state index is 12.6. The Hall–Kier alpha value is -3.12. The minimum atomic E-state index is -0.377. The number of methoxy groups -OCH3 is 1. The van der Waals surface area contributed by atoms with Gasteiger partial charge in [-0.05, 0) is 56.4 Å². The van der Waals surface area contributed by atoms with Crippen molar-refractivity contribution in [3.63, 3.8) is 0 Å². The normalized spacial score (nSPS) is 15.0. The average Bonchev–Trinajstić information content (AvgIpc) is 2.81. The summed E-state index contributed by atoms with van der Waals surface area (Å²) in [5.74, 6) is 0.674. The van der Waals surface area contributed by atoms with Gasteiger partial charge in [-0.2, -0.15) is 0 Å². The molecule has 1 saturated heterocycles. The molecule has 0 radical (unpaired) electrons. The lowest BCUT2D eigenvalue weighted by atomic mass is 9.99. The Morgan fingerprint density at radius 2 is 1.82 bits per heavy atom. The number of amides is 1. The summed E-state index contributed by atoms with van der Waals surface area (Å²) in [7, 11) is 1.60. The van der Waals surface area contributed by atoms with Crippen LogP contribution in [0.5, 0.6) is 5.75 Å². The van der Waals surface area contributed by atoms with Crippen LogP contribution in [-0.2, 0) is 17.8 Å². The smallest absolute Gasteiger partial charge is 0.339 e. The summed E-state index contributed by atoms with van der Waals surface area (Å²) in [4.78, 5) is 27.7. The number of aryl methyl sites for hydroxylation is 2. The van der Waals surface area contributed by atoms with Crippen molar-refractivity contribution in [2.75, 3.05) is 20.2 Å². The SMILES string of the molecule is COc1ccc2c(C)c(CCC(=O)NC3CCN(Cc4ccccc4)CC3)c(=O)oc2c1C. The quantitative estimate of drug-likeness (QED) is 0.550. The van der Waals surface area contributed by atoms with Gasteiger partial charge in [0, 0.05) is 48.6 Å². The molecule has 0 saturated carbocycles. The lowest BCUT2D eigenvalue weighted by Gasteiger charge is -2.32. The Kier molecular flexibility index (Phi) is 7.14. The molecule has 2 heterocycles. The molecule has 1 aliphatic heterocycles. The van der Waals surface area contributed by atoms with Gasteiger partial charge in [-0.25, -0.2) is 4.79 Å². The van der Waals surface area contributed by atoms with Gasteiger partial charge in [-0.3, -0.25) is 9.69 Å². The van der Waals surface area contributed by atoms with Crippen molar-refractivity contribution < 1.29 is 13.9 Å². The summed E-state index contributed by atoms with van der Waals surface area (Å²) in [6.07, 6.45) is 2.53. The van der Waals surface area contributed by atoms with E-state index < -0.39 is 0 Å². The second kappa shape index (κ2) is 10.2. The van der Waals surface area contributed by atoms with Crippen molar-refractivity contribution in [3.05, 3.63) is 75.1 Å². The number of hydrogen-bond donors (Lipinski definition) is 1. The molecule has 1 aliphatic rings. The maximum Gasteiger partial charge on any atom is 0.339 e. The summed E-state index contributed by atoms with van der Waals surface area (Å²) in [6, 6.07) is 14.4. The van der Waals surface area contributed by atoms with E-state index in [1.165, 1.54) is 5.56 Å². The predicted octanol–water partition coefficient (Wildman–Crippen LogP) is 4.13. The Morgan fingerprint density at radius 3 is 2.52 bits per heavy atom. The number of nitrogens with one attached hydrogen (secondary N) is 1. The van der Waals surface area contributed by atoms with E-state index in [9.17, 15) is 9.59 Å². The highest BCUT2D eigenvalue weighted by Crippen LogP contribution is 2.29. The van der Waals surface area contributed by atoms with Gasteiger partial charge in [0.2, 0.25) is 5.91 Å². The minimum Gasteiger partial charge on any atom is -0.496 e. The fourth-order valence-electron chi connectivity index (χ4n) is 4.70. The number of carbonyl (C=O) groups excluding carboxylic acids is 1. The van der Waals surface area contributed by atoms with Crippen molar-refractivity contribution in [2.45, 2.75) is 52.1 Å². The van der Waals surface area contributed by atoms with Gasteiger partial charge in [0.1, 0.15) is 11.3 Å². The minimum absolute atomic E-state index is 0.0127. The van der Waals surface area contributed by atoms with Gasteiger partial charge < -0.3 is 14.5 Å². The van der Waals surface area contributed by atoms with Gasteiger partial charge in [0.15, 0.2) is 0 Å². The lowest BCUT2D eigenvalue weighted by molar-refractivity contribution is -0.122. The van der Waals surface area contributed by atoms with E-state index in [4.69, 9.17) is 9.15 Å². The molecule has 33 heavy (non-hydrogen) atoms. The molecule has 2 aromatic carbocycles. The van der Waals surface area contributed by atoms with E-state index in [0.717, 1.165) is 49.0 Å². The number of fused-ring (bicyclic) bond motifs is 1. The van der Waals surface area contributed by atoms with Crippen LogP contribution in [0.1, 0.15) is 41.5 Å². The first-order valence-electron chi connectivity index (χ1n) is 11.6. The lowest BCUT2D eigenvalue weighted by Crippen LogP contribution is -2.44. The van der Waals surface area contributed by atoms with E-state index in [1.807, 2.05) is 32.0 Å². The van der Waals surface area contributed by atoms with Crippen LogP contribution in [0, 0.1) is 13.8 Å². The summed E-state index contributed by atoms with van der Waals surface area (Å²) >= 11 is 0. The molecule has 0 spiro atoms. The van der Waals surface area contributed by atoms with Crippen molar-refractivity contribution in [1.82, 2.24) is 10.2 Å². The van der Waals surface area contributed by atoms with Gasteiger partial charge >= 0.3 is 5.63 Å². The number of likely N-dealkylation sites (tertiary alicyclic amines) is 1. The molecule has 6 heteroatoms. The zero-order valence-electron chi connectivity index (χ0n) is 19.6. The van der Waals surface area contributed by atoms with Crippen molar-refractivity contribution >= 4 is 16.9 Å². The molecule has 1 N–H and O–H groups in total.